The van der Waals surface area contributed by atoms with Crippen LogP contribution >= 0.6 is 0 Å². The maximum absolute atomic E-state index is 12.3. The lowest BCUT2D eigenvalue weighted by Crippen LogP contribution is -2.47. The fourth-order valence-corrected chi connectivity index (χ4v) is 3.46. The molecule has 28 heavy (non-hydrogen) atoms. The monoisotopic (exact) mass is 382 g/mol. The van der Waals surface area contributed by atoms with E-state index in [4.69, 9.17) is 8.83 Å². The molecule has 0 bridgehead atoms. The van der Waals surface area contributed by atoms with Gasteiger partial charge in [-0.05, 0) is 55.2 Å². The lowest BCUT2D eigenvalue weighted by molar-refractivity contribution is -0.119. The van der Waals surface area contributed by atoms with Crippen LogP contribution in [0.1, 0.15) is 43.6 Å². The second-order valence-electron chi connectivity index (χ2n) is 6.96. The number of rotatable bonds is 8. The fourth-order valence-electron chi connectivity index (χ4n) is 3.46. The maximum atomic E-state index is 12.3. The molecule has 0 radical (unpaired) electrons. The molecule has 1 aliphatic carbocycles. The van der Waals surface area contributed by atoms with Crippen LogP contribution in [0, 0.1) is 5.92 Å². The summed E-state index contributed by atoms with van der Waals surface area (Å²) in [4.78, 5) is 24.5. The quantitative estimate of drug-likeness (QED) is 0.681. The first-order valence-corrected chi connectivity index (χ1v) is 9.72. The molecular weight excluding hydrogens is 356 g/mol. The van der Waals surface area contributed by atoms with Crippen LogP contribution in [-0.4, -0.2) is 24.4 Å². The maximum Gasteiger partial charge on any atom is 0.244 e. The van der Waals surface area contributed by atoms with Gasteiger partial charge in [0.15, 0.2) is 0 Å². The predicted octanol–water partition coefficient (Wildman–Crippen LogP) is 3.78. The first kappa shape index (κ1) is 19.7. The average Bonchev–Trinajstić information content (AvgIpc) is 3.42. The molecule has 0 spiro atoms. The lowest BCUT2D eigenvalue weighted by Gasteiger charge is -2.30. The summed E-state index contributed by atoms with van der Waals surface area (Å²) in [6, 6.07) is 7.00. The lowest BCUT2D eigenvalue weighted by atomic mass is 9.83. The van der Waals surface area contributed by atoms with E-state index < -0.39 is 0 Å². The molecule has 148 valence electrons. The Bertz CT molecular complexity index is 785. The summed E-state index contributed by atoms with van der Waals surface area (Å²) in [5.41, 5.74) is 0. The summed E-state index contributed by atoms with van der Waals surface area (Å²) < 4.78 is 10.4. The fraction of sp³-hybridized carbons (Fsp3) is 0.364. The van der Waals surface area contributed by atoms with Crippen molar-refractivity contribution in [3.8, 4) is 0 Å². The largest absolute Gasteiger partial charge is 0.465 e. The van der Waals surface area contributed by atoms with Crippen molar-refractivity contribution in [1.29, 1.82) is 0 Å². The van der Waals surface area contributed by atoms with Gasteiger partial charge < -0.3 is 19.5 Å². The van der Waals surface area contributed by atoms with E-state index in [9.17, 15) is 9.59 Å². The van der Waals surface area contributed by atoms with Crippen LogP contribution in [-0.2, 0) is 9.59 Å². The van der Waals surface area contributed by atoms with Crippen LogP contribution in [0.4, 0.5) is 0 Å². The smallest absolute Gasteiger partial charge is 0.244 e. The Morgan fingerprint density at radius 1 is 0.964 bits per heavy atom. The summed E-state index contributed by atoms with van der Waals surface area (Å²) in [6.07, 6.45) is 15.0. The van der Waals surface area contributed by atoms with E-state index in [1.54, 1.807) is 48.9 Å². The summed E-state index contributed by atoms with van der Waals surface area (Å²) in [7, 11) is 0. The second-order valence-corrected chi connectivity index (χ2v) is 6.96. The van der Waals surface area contributed by atoms with E-state index >= 15 is 0 Å². The van der Waals surface area contributed by atoms with Gasteiger partial charge in [-0.3, -0.25) is 9.59 Å². The highest BCUT2D eigenvalue weighted by Gasteiger charge is 2.24. The first-order chi connectivity index (χ1) is 13.7. The number of carbonyl (C=O) groups is 2. The standard InChI is InChI=1S/C22H26N2O4/c25-21(12-10-18-8-4-14-27-18)23-16-20(17-6-2-1-3-7-17)24-22(26)13-11-19-9-5-15-28-19/h4-5,8-15,17,20H,1-3,6-7,16H2,(H,23,25)(H,24,26)/b12-10+,13-11+. The molecule has 1 aliphatic rings. The molecule has 2 heterocycles. The SMILES string of the molecule is O=C(/C=C/c1ccco1)NCC(NC(=O)/C=C/c1ccco1)C1CCCCC1. The van der Waals surface area contributed by atoms with Crippen LogP contribution in [0.2, 0.25) is 0 Å². The van der Waals surface area contributed by atoms with Gasteiger partial charge in [-0.1, -0.05) is 19.3 Å². The normalized spacial score (nSPS) is 16.4. The van der Waals surface area contributed by atoms with Gasteiger partial charge in [0.1, 0.15) is 11.5 Å². The van der Waals surface area contributed by atoms with Gasteiger partial charge in [0.2, 0.25) is 11.8 Å². The Kier molecular flexibility index (Phi) is 7.29. The summed E-state index contributed by atoms with van der Waals surface area (Å²) in [6.45, 7) is 0.395. The molecule has 2 N–H and O–H groups in total. The molecule has 1 saturated carbocycles. The van der Waals surface area contributed by atoms with Crippen molar-refractivity contribution in [2.45, 2.75) is 38.1 Å². The molecule has 2 aromatic heterocycles. The minimum Gasteiger partial charge on any atom is -0.465 e. The van der Waals surface area contributed by atoms with Crippen LogP contribution in [0.15, 0.2) is 57.8 Å². The third-order valence-corrected chi connectivity index (χ3v) is 4.93. The Morgan fingerprint density at radius 3 is 2.14 bits per heavy atom. The van der Waals surface area contributed by atoms with E-state index in [0.717, 1.165) is 25.7 Å². The minimum atomic E-state index is -0.211. The van der Waals surface area contributed by atoms with E-state index in [0.29, 0.717) is 24.0 Å². The second kappa shape index (κ2) is 10.3. The molecule has 0 saturated heterocycles. The molecule has 1 unspecified atom stereocenters. The number of furan rings is 2. The van der Waals surface area contributed by atoms with Crippen molar-refractivity contribution in [2.24, 2.45) is 5.92 Å². The summed E-state index contributed by atoms with van der Waals surface area (Å²) in [5, 5.41) is 5.94. The van der Waals surface area contributed by atoms with Gasteiger partial charge in [-0.2, -0.15) is 0 Å². The molecule has 0 aromatic carbocycles. The van der Waals surface area contributed by atoms with Crippen molar-refractivity contribution in [3.63, 3.8) is 0 Å². The molecule has 1 atom stereocenters. The third kappa shape index (κ3) is 6.30. The zero-order chi connectivity index (χ0) is 19.6. The van der Waals surface area contributed by atoms with Crippen molar-refractivity contribution < 1.29 is 18.4 Å². The molecule has 1 fully saturated rings. The number of carbonyl (C=O) groups excluding carboxylic acids is 2. The van der Waals surface area contributed by atoms with Crippen molar-refractivity contribution >= 4 is 24.0 Å². The van der Waals surface area contributed by atoms with E-state index in [2.05, 4.69) is 10.6 Å². The molecule has 6 heteroatoms. The zero-order valence-corrected chi connectivity index (χ0v) is 15.8. The van der Waals surface area contributed by atoms with Gasteiger partial charge in [-0.15, -0.1) is 0 Å². The highest BCUT2D eigenvalue weighted by Crippen LogP contribution is 2.26. The van der Waals surface area contributed by atoms with Crippen molar-refractivity contribution in [2.75, 3.05) is 6.54 Å². The first-order valence-electron chi connectivity index (χ1n) is 9.72. The van der Waals surface area contributed by atoms with Gasteiger partial charge in [0.25, 0.3) is 0 Å². The number of hydrogen-bond acceptors (Lipinski definition) is 4. The average molecular weight is 382 g/mol. The van der Waals surface area contributed by atoms with Crippen molar-refractivity contribution in [1.82, 2.24) is 10.6 Å². The Morgan fingerprint density at radius 2 is 1.57 bits per heavy atom. The summed E-state index contributed by atoms with van der Waals surface area (Å²) >= 11 is 0. The Hall–Kier alpha value is -3.02. The highest BCUT2D eigenvalue weighted by atomic mass is 16.3. The summed E-state index contributed by atoms with van der Waals surface area (Å²) in [5.74, 6) is 1.21. The van der Waals surface area contributed by atoms with Crippen LogP contribution in [0.25, 0.3) is 12.2 Å². The topological polar surface area (TPSA) is 84.5 Å². The predicted molar refractivity (Wildman–Crippen MR) is 107 cm³/mol. The van der Waals surface area contributed by atoms with Crippen LogP contribution in [0.5, 0.6) is 0 Å². The van der Waals surface area contributed by atoms with E-state index in [1.807, 2.05) is 0 Å². The van der Waals surface area contributed by atoms with Gasteiger partial charge in [0, 0.05) is 24.7 Å². The zero-order valence-electron chi connectivity index (χ0n) is 15.8. The van der Waals surface area contributed by atoms with Gasteiger partial charge >= 0.3 is 0 Å². The molecule has 0 aliphatic heterocycles. The molecule has 3 rings (SSSR count). The van der Waals surface area contributed by atoms with Crippen LogP contribution < -0.4 is 10.6 Å². The van der Waals surface area contributed by atoms with Gasteiger partial charge in [0.05, 0.1) is 12.5 Å². The van der Waals surface area contributed by atoms with Crippen LogP contribution in [0.3, 0.4) is 0 Å². The molecular formula is C22H26N2O4. The highest BCUT2D eigenvalue weighted by molar-refractivity contribution is 5.92. The molecule has 6 nitrogen and oxygen atoms in total. The Balaban J connectivity index is 1.55. The van der Waals surface area contributed by atoms with Gasteiger partial charge in [-0.25, -0.2) is 0 Å². The van der Waals surface area contributed by atoms with E-state index in [-0.39, 0.29) is 17.9 Å². The number of hydrogen-bond donors (Lipinski definition) is 2. The van der Waals surface area contributed by atoms with E-state index in [1.165, 1.54) is 18.6 Å². The molecule has 2 aromatic rings. The number of nitrogens with one attached hydrogen (secondary N) is 2. The van der Waals surface area contributed by atoms with Crippen molar-refractivity contribution in [3.05, 3.63) is 60.5 Å². The minimum absolute atomic E-state index is 0.102. The molecule has 2 amide bonds. The third-order valence-electron chi connectivity index (χ3n) is 4.93. The number of amides is 2. The Labute approximate surface area is 164 Å².